The summed E-state index contributed by atoms with van der Waals surface area (Å²) >= 11 is 4.94. The molecule has 18 heavy (non-hydrogen) atoms. The van der Waals surface area contributed by atoms with Gasteiger partial charge in [0.25, 0.3) is 0 Å². The van der Waals surface area contributed by atoms with Crippen molar-refractivity contribution in [2.45, 2.75) is 19.4 Å². The van der Waals surface area contributed by atoms with Gasteiger partial charge in [0.05, 0.1) is 10.4 Å². The molecule has 5 heteroatoms. The van der Waals surface area contributed by atoms with Crippen LogP contribution in [0.1, 0.15) is 18.4 Å². The Bertz CT molecular complexity index is 500. The van der Waals surface area contributed by atoms with E-state index in [9.17, 15) is 9.18 Å². The summed E-state index contributed by atoms with van der Waals surface area (Å²) in [6, 6.07) is 6.42. The number of thiocarbonyl (C=S) groups is 1. The lowest BCUT2D eigenvalue weighted by Gasteiger charge is -2.23. The molecule has 1 amide bonds. The summed E-state index contributed by atoms with van der Waals surface area (Å²) in [6.07, 6.45) is 1.39. The van der Waals surface area contributed by atoms with Crippen LogP contribution in [0.15, 0.2) is 24.3 Å². The third-order valence-electron chi connectivity index (χ3n) is 3.34. The second kappa shape index (κ2) is 4.65. The van der Waals surface area contributed by atoms with E-state index in [1.807, 2.05) is 0 Å². The normalized spacial score (nSPS) is 16.1. The van der Waals surface area contributed by atoms with E-state index in [-0.39, 0.29) is 23.3 Å². The number of benzene rings is 1. The van der Waals surface area contributed by atoms with Crippen molar-refractivity contribution in [2.24, 2.45) is 11.1 Å². The maximum Gasteiger partial charge on any atom is 0.235 e. The van der Waals surface area contributed by atoms with Gasteiger partial charge in [-0.1, -0.05) is 30.4 Å². The van der Waals surface area contributed by atoms with E-state index >= 15 is 0 Å². The third-order valence-corrected chi connectivity index (χ3v) is 3.73. The molecule has 0 bridgehead atoms. The van der Waals surface area contributed by atoms with E-state index in [0.29, 0.717) is 18.4 Å². The molecule has 1 aromatic carbocycles. The quantitative estimate of drug-likeness (QED) is 0.846. The molecule has 0 unspecified atom stereocenters. The minimum absolute atomic E-state index is 0.113. The van der Waals surface area contributed by atoms with Gasteiger partial charge in [-0.15, -0.1) is 0 Å². The summed E-state index contributed by atoms with van der Waals surface area (Å²) in [5, 5.41) is 0. The van der Waals surface area contributed by atoms with E-state index in [0.717, 1.165) is 0 Å². The van der Waals surface area contributed by atoms with Gasteiger partial charge in [-0.2, -0.15) is 0 Å². The number of nitrogens with zero attached hydrogens (tertiary/aromatic N) is 1. The molecule has 1 aliphatic rings. The number of halogens is 1. The van der Waals surface area contributed by atoms with Crippen molar-refractivity contribution < 1.29 is 9.18 Å². The molecule has 0 aromatic heterocycles. The zero-order chi connectivity index (χ0) is 13.3. The van der Waals surface area contributed by atoms with Crippen LogP contribution in [0.5, 0.6) is 0 Å². The number of hydrogen-bond acceptors (Lipinski definition) is 2. The summed E-state index contributed by atoms with van der Waals surface area (Å²) < 4.78 is 13.5. The fraction of sp³-hybridized carbons (Fsp3) is 0.385. The molecule has 1 aliphatic carbocycles. The van der Waals surface area contributed by atoms with Crippen molar-refractivity contribution in [3.8, 4) is 0 Å². The number of carbonyl (C=O) groups is 1. The lowest BCUT2D eigenvalue weighted by molar-refractivity contribution is -0.133. The molecule has 0 atom stereocenters. The zero-order valence-corrected chi connectivity index (χ0v) is 11.0. The summed E-state index contributed by atoms with van der Waals surface area (Å²) in [5.74, 6) is -0.421. The van der Waals surface area contributed by atoms with Gasteiger partial charge in [-0.05, 0) is 18.9 Å². The van der Waals surface area contributed by atoms with Crippen molar-refractivity contribution >= 4 is 23.1 Å². The van der Waals surface area contributed by atoms with Crippen LogP contribution in [0.2, 0.25) is 0 Å². The lowest BCUT2D eigenvalue weighted by Crippen LogP contribution is -2.40. The number of carbonyl (C=O) groups excluding carboxylic acids is 1. The van der Waals surface area contributed by atoms with Crippen LogP contribution in [-0.4, -0.2) is 22.8 Å². The molecule has 2 N–H and O–H groups in total. The predicted octanol–water partition coefficient (Wildman–Crippen LogP) is 1.85. The molecule has 1 saturated carbocycles. The van der Waals surface area contributed by atoms with Gasteiger partial charge < -0.3 is 10.6 Å². The van der Waals surface area contributed by atoms with Crippen molar-refractivity contribution in [3.05, 3.63) is 35.6 Å². The fourth-order valence-electron chi connectivity index (χ4n) is 2.01. The Morgan fingerprint density at radius 2 is 2.11 bits per heavy atom. The van der Waals surface area contributed by atoms with Crippen molar-refractivity contribution in [3.63, 3.8) is 0 Å². The van der Waals surface area contributed by atoms with Gasteiger partial charge in [-0.25, -0.2) is 4.39 Å². The standard InChI is InChI=1S/C13H15FN2OS/c1-16(8-9-4-2-3-5-10(9)14)12(17)13(6-7-13)11(15)18/h2-5H,6-8H2,1H3,(H2,15,18). The topological polar surface area (TPSA) is 46.3 Å². The van der Waals surface area contributed by atoms with Crippen LogP contribution in [0.3, 0.4) is 0 Å². The number of amides is 1. The number of hydrogen-bond donors (Lipinski definition) is 1. The van der Waals surface area contributed by atoms with Gasteiger partial charge in [-0.3, -0.25) is 4.79 Å². The minimum Gasteiger partial charge on any atom is -0.392 e. The smallest absolute Gasteiger partial charge is 0.235 e. The van der Waals surface area contributed by atoms with Crippen LogP contribution >= 0.6 is 12.2 Å². The van der Waals surface area contributed by atoms with Gasteiger partial charge >= 0.3 is 0 Å². The van der Waals surface area contributed by atoms with Gasteiger partial charge in [0, 0.05) is 19.2 Å². The lowest BCUT2D eigenvalue weighted by atomic mass is 10.1. The van der Waals surface area contributed by atoms with Crippen LogP contribution in [0.25, 0.3) is 0 Å². The third kappa shape index (κ3) is 2.22. The molecule has 2 rings (SSSR count). The van der Waals surface area contributed by atoms with Crippen LogP contribution < -0.4 is 5.73 Å². The van der Waals surface area contributed by atoms with Crippen LogP contribution in [0.4, 0.5) is 4.39 Å². The maximum atomic E-state index is 13.5. The minimum atomic E-state index is -0.671. The summed E-state index contributed by atoms with van der Waals surface area (Å²) in [4.78, 5) is 14.0. The largest absolute Gasteiger partial charge is 0.392 e. The van der Waals surface area contributed by atoms with Gasteiger partial charge in [0.1, 0.15) is 5.82 Å². The highest BCUT2D eigenvalue weighted by Gasteiger charge is 2.53. The fourth-order valence-corrected chi connectivity index (χ4v) is 2.30. The van der Waals surface area contributed by atoms with Crippen molar-refractivity contribution in [1.82, 2.24) is 4.90 Å². The Morgan fingerprint density at radius 3 is 2.61 bits per heavy atom. The van der Waals surface area contributed by atoms with E-state index in [2.05, 4.69) is 0 Å². The Kier molecular flexibility index (Phi) is 3.34. The van der Waals surface area contributed by atoms with Gasteiger partial charge in [0.2, 0.25) is 5.91 Å². The molecule has 3 nitrogen and oxygen atoms in total. The first-order valence-corrected chi connectivity index (χ1v) is 6.17. The zero-order valence-electron chi connectivity index (χ0n) is 10.1. The first kappa shape index (κ1) is 13.0. The van der Waals surface area contributed by atoms with E-state index < -0.39 is 5.41 Å². The second-order valence-corrected chi connectivity index (χ2v) is 5.14. The van der Waals surface area contributed by atoms with Crippen molar-refractivity contribution in [2.75, 3.05) is 7.05 Å². The molecular weight excluding hydrogens is 251 g/mol. The molecule has 0 saturated heterocycles. The molecule has 0 heterocycles. The van der Waals surface area contributed by atoms with E-state index in [4.69, 9.17) is 18.0 Å². The monoisotopic (exact) mass is 266 g/mol. The first-order valence-electron chi connectivity index (χ1n) is 5.76. The Hall–Kier alpha value is -1.49. The highest BCUT2D eigenvalue weighted by Crippen LogP contribution is 2.47. The Morgan fingerprint density at radius 1 is 1.50 bits per heavy atom. The van der Waals surface area contributed by atoms with E-state index in [1.54, 1.807) is 25.2 Å². The SMILES string of the molecule is CN(Cc1ccccc1F)C(=O)C1(C(N)=S)CC1. The molecule has 0 spiro atoms. The first-order chi connectivity index (χ1) is 8.47. The van der Waals surface area contributed by atoms with Crippen molar-refractivity contribution in [1.29, 1.82) is 0 Å². The van der Waals surface area contributed by atoms with Gasteiger partial charge in [0.15, 0.2) is 0 Å². The Labute approximate surface area is 111 Å². The maximum absolute atomic E-state index is 13.5. The highest BCUT2D eigenvalue weighted by atomic mass is 32.1. The molecular formula is C13H15FN2OS. The molecule has 1 fully saturated rings. The number of nitrogens with two attached hydrogens (primary N) is 1. The van der Waals surface area contributed by atoms with E-state index in [1.165, 1.54) is 11.0 Å². The number of rotatable bonds is 4. The molecule has 96 valence electrons. The average Bonchev–Trinajstić information content (AvgIpc) is 3.12. The highest BCUT2D eigenvalue weighted by molar-refractivity contribution is 7.80. The second-order valence-electron chi connectivity index (χ2n) is 4.70. The summed E-state index contributed by atoms with van der Waals surface area (Å²) in [5.41, 5.74) is 5.43. The summed E-state index contributed by atoms with van der Waals surface area (Å²) in [6.45, 7) is 0.232. The molecule has 1 aromatic rings. The predicted molar refractivity (Wildman–Crippen MR) is 71.3 cm³/mol. The molecule has 0 radical (unpaired) electrons. The Balaban J connectivity index is 2.10. The van der Waals surface area contributed by atoms with Crippen LogP contribution in [0, 0.1) is 11.2 Å². The van der Waals surface area contributed by atoms with Crippen LogP contribution in [-0.2, 0) is 11.3 Å². The summed E-state index contributed by atoms with van der Waals surface area (Å²) in [7, 11) is 1.65. The molecule has 0 aliphatic heterocycles. The average molecular weight is 266 g/mol.